The number of hydrogen-bond acceptors (Lipinski definition) is 4. The van der Waals surface area contributed by atoms with E-state index >= 15 is 0 Å². The molecule has 0 heterocycles. The Morgan fingerprint density at radius 2 is 2.00 bits per heavy atom. The summed E-state index contributed by atoms with van der Waals surface area (Å²) in [5, 5.41) is 22.8. The van der Waals surface area contributed by atoms with Crippen molar-refractivity contribution < 1.29 is 27.9 Å². The minimum absolute atomic E-state index is 0.0569. The van der Waals surface area contributed by atoms with Crippen LogP contribution in [-0.2, 0) is 15.8 Å². The van der Waals surface area contributed by atoms with Gasteiger partial charge in [0.25, 0.3) is 5.91 Å². The molecule has 0 radical (unpaired) electrons. The molecule has 9 heteroatoms. The molecule has 1 atom stereocenters. The van der Waals surface area contributed by atoms with E-state index in [0.717, 1.165) is 24.4 Å². The minimum atomic E-state index is -4.57. The van der Waals surface area contributed by atoms with Crippen molar-refractivity contribution in [3.8, 4) is 6.07 Å². The minimum Gasteiger partial charge on any atom is -0.480 e. The zero-order chi connectivity index (χ0) is 19.9. The SMILES string of the molecule is CC(C)CC(N/C=C(/C#N)C(=O)Nc1cccc(C(F)(F)F)c1)C(=O)O. The van der Waals surface area contributed by atoms with Gasteiger partial charge in [-0.2, -0.15) is 18.4 Å². The van der Waals surface area contributed by atoms with Gasteiger partial charge in [-0.3, -0.25) is 4.79 Å². The Morgan fingerprint density at radius 1 is 1.35 bits per heavy atom. The molecule has 1 aromatic carbocycles. The molecule has 0 saturated heterocycles. The van der Waals surface area contributed by atoms with Crippen molar-refractivity contribution in [1.29, 1.82) is 5.26 Å². The molecule has 1 aromatic rings. The molecule has 0 aliphatic heterocycles. The first-order chi connectivity index (χ1) is 12.0. The highest BCUT2D eigenvalue weighted by molar-refractivity contribution is 6.06. The number of nitriles is 1. The van der Waals surface area contributed by atoms with Gasteiger partial charge in [0.15, 0.2) is 0 Å². The highest BCUT2D eigenvalue weighted by Crippen LogP contribution is 2.30. The molecular formula is C17H18F3N3O3. The van der Waals surface area contributed by atoms with Crippen molar-refractivity contribution in [3.63, 3.8) is 0 Å². The fourth-order valence-corrected chi connectivity index (χ4v) is 2.02. The van der Waals surface area contributed by atoms with E-state index in [4.69, 9.17) is 10.4 Å². The van der Waals surface area contributed by atoms with Crippen LogP contribution in [0.2, 0.25) is 0 Å². The number of halogens is 3. The van der Waals surface area contributed by atoms with Crippen LogP contribution < -0.4 is 10.6 Å². The first-order valence-electron chi connectivity index (χ1n) is 7.62. The number of carbonyl (C=O) groups is 2. The van der Waals surface area contributed by atoms with E-state index in [1.54, 1.807) is 6.07 Å². The normalized spacial score (nSPS) is 13.0. The zero-order valence-corrected chi connectivity index (χ0v) is 14.1. The van der Waals surface area contributed by atoms with Crippen LogP contribution in [0.25, 0.3) is 0 Å². The lowest BCUT2D eigenvalue weighted by Crippen LogP contribution is -2.35. The van der Waals surface area contributed by atoms with Gasteiger partial charge in [-0.25, -0.2) is 4.79 Å². The first kappa shape index (κ1) is 21.0. The predicted octanol–water partition coefficient (Wildman–Crippen LogP) is 3.14. The van der Waals surface area contributed by atoms with Crippen molar-refractivity contribution in [2.24, 2.45) is 5.92 Å². The molecular weight excluding hydrogens is 351 g/mol. The van der Waals surface area contributed by atoms with Crippen LogP contribution >= 0.6 is 0 Å². The van der Waals surface area contributed by atoms with Gasteiger partial charge in [0.05, 0.1) is 5.56 Å². The van der Waals surface area contributed by atoms with Crippen LogP contribution in [0.5, 0.6) is 0 Å². The standard InChI is InChI=1S/C17H18F3N3O3/c1-10(2)6-14(16(25)26)22-9-11(8-21)15(24)23-13-5-3-4-12(7-13)17(18,19)20/h3-5,7,9-10,14,22H,6H2,1-2H3,(H,23,24)(H,25,26)/b11-9-. The highest BCUT2D eigenvalue weighted by Gasteiger charge is 2.30. The highest BCUT2D eigenvalue weighted by atomic mass is 19.4. The number of benzene rings is 1. The van der Waals surface area contributed by atoms with Crippen molar-refractivity contribution >= 4 is 17.6 Å². The zero-order valence-electron chi connectivity index (χ0n) is 14.1. The molecule has 140 valence electrons. The molecule has 0 spiro atoms. The number of carboxylic acid groups (broad SMARTS) is 1. The van der Waals surface area contributed by atoms with Crippen LogP contribution in [0.15, 0.2) is 36.0 Å². The molecule has 3 N–H and O–H groups in total. The van der Waals surface area contributed by atoms with Gasteiger partial charge in [0.2, 0.25) is 0 Å². The van der Waals surface area contributed by atoms with Gasteiger partial charge in [0, 0.05) is 11.9 Å². The van der Waals surface area contributed by atoms with Crippen LogP contribution in [0, 0.1) is 17.2 Å². The predicted molar refractivity (Wildman–Crippen MR) is 87.8 cm³/mol. The number of carboxylic acids is 1. The number of anilines is 1. The molecule has 26 heavy (non-hydrogen) atoms. The lowest BCUT2D eigenvalue weighted by Gasteiger charge is -2.15. The number of hydrogen-bond donors (Lipinski definition) is 3. The number of alkyl halides is 3. The quantitative estimate of drug-likeness (QED) is 0.506. The van der Waals surface area contributed by atoms with E-state index in [0.29, 0.717) is 0 Å². The Kier molecular flexibility index (Phi) is 7.19. The molecule has 0 aromatic heterocycles. The van der Waals surface area contributed by atoms with E-state index in [1.165, 1.54) is 6.07 Å². The second-order valence-electron chi connectivity index (χ2n) is 5.89. The lowest BCUT2D eigenvalue weighted by molar-refractivity contribution is -0.139. The third-order valence-corrected chi connectivity index (χ3v) is 3.25. The molecule has 0 aliphatic rings. The fourth-order valence-electron chi connectivity index (χ4n) is 2.02. The van der Waals surface area contributed by atoms with Crippen LogP contribution in [0.1, 0.15) is 25.8 Å². The summed E-state index contributed by atoms with van der Waals surface area (Å²) in [6.07, 6.45) is -3.36. The Bertz CT molecular complexity index is 737. The topological polar surface area (TPSA) is 102 Å². The maximum atomic E-state index is 12.7. The first-order valence-corrected chi connectivity index (χ1v) is 7.62. The fraction of sp³-hybridized carbons (Fsp3) is 0.353. The second kappa shape index (κ2) is 8.89. The Morgan fingerprint density at radius 3 is 2.50 bits per heavy atom. The summed E-state index contributed by atoms with van der Waals surface area (Å²) in [5.74, 6) is -2.04. The van der Waals surface area contributed by atoms with Gasteiger partial charge in [0.1, 0.15) is 17.7 Å². The molecule has 1 amide bonds. The van der Waals surface area contributed by atoms with E-state index in [2.05, 4.69) is 10.6 Å². The van der Waals surface area contributed by atoms with Gasteiger partial charge in [-0.05, 0) is 30.5 Å². The smallest absolute Gasteiger partial charge is 0.416 e. The Hall–Kier alpha value is -3.02. The molecule has 0 bridgehead atoms. The maximum absolute atomic E-state index is 12.7. The average Bonchev–Trinajstić information content (AvgIpc) is 2.53. The van der Waals surface area contributed by atoms with Gasteiger partial charge in [-0.1, -0.05) is 19.9 Å². The maximum Gasteiger partial charge on any atom is 0.416 e. The molecule has 0 aliphatic carbocycles. The van der Waals surface area contributed by atoms with Crippen molar-refractivity contribution in [1.82, 2.24) is 5.32 Å². The van der Waals surface area contributed by atoms with Gasteiger partial charge < -0.3 is 15.7 Å². The van der Waals surface area contributed by atoms with E-state index < -0.39 is 35.2 Å². The molecule has 0 saturated carbocycles. The Balaban J connectivity index is 2.89. The largest absolute Gasteiger partial charge is 0.480 e. The van der Waals surface area contributed by atoms with Crippen molar-refractivity contribution in [2.45, 2.75) is 32.5 Å². The molecule has 6 nitrogen and oxygen atoms in total. The third kappa shape index (κ3) is 6.47. The average molecular weight is 369 g/mol. The second-order valence-corrected chi connectivity index (χ2v) is 5.89. The lowest BCUT2D eigenvalue weighted by atomic mass is 10.0. The van der Waals surface area contributed by atoms with Crippen molar-refractivity contribution in [2.75, 3.05) is 5.32 Å². The molecule has 1 unspecified atom stereocenters. The summed E-state index contributed by atoms with van der Waals surface area (Å²) in [6, 6.07) is 4.53. The number of amides is 1. The Labute approximate surface area is 148 Å². The van der Waals surface area contributed by atoms with E-state index in [1.807, 2.05) is 13.8 Å². The summed E-state index contributed by atoms with van der Waals surface area (Å²) >= 11 is 0. The van der Waals surface area contributed by atoms with Gasteiger partial charge in [-0.15, -0.1) is 0 Å². The number of aliphatic carboxylic acids is 1. The summed E-state index contributed by atoms with van der Waals surface area (Å²) < 4.78 is 38.0. The number of nitrogens with zero attached hydrogens (tertiary/aromatic N) is 1. The number of carbonyl (C=O) groups excluding carboxylic acids is 1. The summed E-state index contributed by atoms with van der Waals surface area (Å²) in [6.45, 7) is 3.62. The van der Waals surface area contributed by atoms with E-state index in [9.17, 15) is 22.8 Å². The van der Waals surface area contributed by atoms with Gasteiger partial charge >= 0.3 is 12.1 Å². The monoisotopic (exact) mass is 369 g/mol. The van der Waals surface area contributed by atoms with Crippen molar-refractivity contribution in [3.05, 3.63) is 41.6 Å². The van der Waals surface area contributed by atoms with Crippen LogP contribution in [-0.4, -0.2) is 23.0 Å². The number of nitrogens with one attached hydrogen (secondary N) is 2. The molecule has 1 rings (SSSR count). The number of rotatable bonds is 7. The van der Waals surface area contributed by atoms with Crippen LogP contribution in [0.3, 0.4) is 0 Å². The third-order valence-electron chi connectivity index (χ3n) is 3.25. The van der Waals surface area contributed by atoms with E-state index in [-0.39, 0.29) is 18.0 Å². The summed E-state index contributed by atoms with van der Waals surface area (Å²) in [5.41, 5.74) is -1.54. The van der Waals surface area contributed by atoms with Crippen LogP contribution in [0.4, 0.5) is 18.9 Å². The summed E-state index contributed by atoms with van der Waals surface area (Å²) in [4.78, 5) is 23.2. The summed E-state index contributed by atoms with van der Waals surface area (Å²) in [7, 11) is 0. The molecule has 0 fully saturated rings.